The third kappa shape index (κ3) is 3.24. The second kappa shape index (κ2) is 7.17. The van der Waals surface area contributed by atoms with Gasteiger partial charge in [0.15, 0.2) is 5.69 Å². The first-order valence-corrected chi connectivity index (χ1v) is 9.07. The van der Waals surface area contributed by atoms with Gasteiger partial charge in [-0.1, -0.05) is 12.1 Å². The monoisotopic (exact) mass is 358 g/mol. The van der Waals surface area contributed by atoms with Gasteiger partial charge in [0.25, 0.3) is 5.91 Å². The van der Waals surface area contributed by atoms with E-state index in [-0.39, 0.29) is 17.1 Å². The fraction of sp³-hybridized carbons (Fsp3) is 0.474. The van der Waals surface area contributed by atoms with Crippen LogP contribution in [-0.2, 0) is 23.1 Å². The number of ether oxygens (including phenoxy) is 1. The second-order valence-corrected chi connectivity index (χ2v) is 7.04. The lowest BCUT2D eigenvalue weighted by Crippen LogP contribution is -2.45. The van der Waals surface area contributed by atoms with E-state index in [0.717, 1.165) is 42.6 Å². The first kappa shape index (κ1) is 17.2. The van der Waals surface area contributed by atoms with Crippen LogP contribution in [0.4, 0.5) is 4.39 Å². The van der Waals surface area contributed by atoms with Crippen molar-refractivity contribution in [2.75, 3.05) is 26.3 Å². The second-order valence-electron chi connectivity index (χ2n) is 7.04. The maximum Gasteiger partial charge on any atom is 0.272 e. The summed E-state index contributed by atoms with van der Waals surface area (Å²) in [6, 6.07) is 6.58. The number of aromatic nitrogens is 2. The summed E-state index contributed by atoms with van der Waals surface area (Å²) >= 11 is 0. The Morgan fingerprint density at radius 3 is 2.81 bits per heavy atom. The third-order valence-corrected chi connectivity index (χ3v) is 5.52. The number of hydrogen-bond acceptors (Lipinski definition) is 4. The molecule has 1 aromatic carbocycles. The van der Waals surface area contributed by atoms with Crippen LogP contribution in [0.1, 0.15) is 40.2 Å². The predicted molar refractivity (Wildman–Crippen MR) is 94.5 cm³/mol. The van der Waals surface area contributed by atoms with Gasteiger partial charge in [0.1, 0.15) is 5.82 Å². The minimum absolute atomic E-state index is 0.167. The topological polar surface area (TPSA) is 79.0 Å². The van der Waals surface area contributed by atoms with Crippen molar-refractivity contribution in [2.24, 2.45) is 0 Å². The van der Waals surface area contributed by atoms with E-state index in [0.29, 0.717) is 32.0 Å². The Balaban J connectivity index is 1.52. The summed E-state index contributed by atoms with van der Waals surface area (Å²) in [7, 11) is 0. The van der Waals surface area contributed by atoms with Crippen molar-refractivity contribution >= 4 is 5.91 Å². The van der Waals surface area contributed by atoms with Crippen molar-refractivity contribution in [1.29, 1.82) is 0 Å². The Morgan fingerprint density at radius 1 is 1.27 bits per heavy atom. The molecule has 0 atom stereocenters. The largest absolute Gasteiger partial charge is 0.381 e. The first-order valence-electron chi connectivity index (χ1n) is 9.07. The van der Waals surface area contributed by atoms with E-state index in [9.17, 15) is 9.18 Å². The number of carbonyl (C=O) groups excluding carboxylic acids is 1. The van der Waals surface area contributed by atoms with Gasteiger partial charge in [0, 0.05) is 55.9 Å². The average Bonchev–Trinajstić information content (AvgIpc) is 3.12. The number of amides is 1. The van der Waals surface area contributed by atoms with Gasteiger partial charge in [-0.05, 0) is 30.5 Å². The zero-order chi connectivity index (χ0) is 18.0. The van der Waals surface area contributed by atoms with Crippen LogP contribution < -0.4 is 10.6 Å². The van der Waals surface area contributed by atoms with Crippen molar-refractivity contribution in [1.82, 2.24) is 20.8 Å². The van der Waals surface area contributed by atoms with Gasteiger partial charge in [-0.25, -0.2) is 4.39 Å². The molecule has 1 saturated heterocycles. The Kier molecular flexibility index (Phi) is 4.74. The number of benzene rings is 1. The summed E-state index contributed by atoms with van der Waals surface area (Å²) in [5, 5.41) is 13.5. The Bertz CT molecular complexity index is 781. The van der Waals surface area contributed by atoms with E-state index in [1.807, 2.05) is 12.1 Å². The number of rotatable bonds is 4. The standard InChI is InChI=1S/C19H23FN4O2/c20-14-3-1-13(2-4-14)19(6-9-26-10-7-19)12-22-18(25)17-15-11-21-8-5-16(15)23-24-17/h1-4,21H,5-12H2,(H,22,25)(H,23,24). The van der Waals surface area contributed by atoms with Gasteiger partial charge in [0.05, 0.1) is 0 Å². The summed E-state index contributed by atoms with van der Waals surface area (Å²) in [6.45, 7) is 3.30. The van der Waals surface area contributed by atoms with E-state index in [1.165, 1.54) is 12.1 Å². The summed E-state index contributed by atoms with van der Waals surface area (Å²) in [5.74, 6) is -0.421. The highest BCUT2D eigenvalue weighted by Crippen LogP contribution is 2.34. The number of nitrogens with zero attached hydrogens (tertiary/aromatic N) is 1. The van der Waals surface area contributed by atoms with Crippen LogP contribution in [0.2, 0.25) is 0 Å². The van der Waals surface area contributed by atoms with Gasteiger partial charge in [-0.3, -0.25) is 9.89 Å². The van der Waals surface area contributed by atoms with Gasteiger partial charge in [-0.15, -0.1) is 0 Å². The van der Waals surface area contributed by atoms with Crippen molar-refractivity contribution in [2.45, 2.75) is 31.2 Å². The molecule has 0 saturated carbocycles. The van der Waals surface area contributed by atoms with Gasteiger partial charge < -0.3 is 15.4 Å². The van der Waals surface area contributed by atoms with Gasteiger partial charge in [-0.2, -0.15) is 5.10 Å². The Hall–Kier alpha value is -2.25. The zero-order valence-electron chi connectivity index (χ0n) is 14.6. The summed E-state index contributed by atoms with van der Waals surface area (Å²) < 4.78 is 18.8. The van der Waals surface area contributed by atoms with Crippen LogP contribution in [0.5, 0.6) is 0 Å². The summed E-state index contributed by atoms with van der Waals surface area (Å²) in [6.07, 6.45) is 2.44. The number of hydrogen-bond donors (Lipinski definition) is 3. The zero-order valence-corrected chi connectivity index (χ0v) is 14.6. The lowest BCUT2D eigenvalue weighted by atomic mass is 9.74. The first-order chi connectivity index (χ1) is 12.7. The molecule has 6 nitrogen and oxygen atoms in total. The molecule has 0 aliphatic carbocycles. The minimum atomic E-state index is -0.254. The maximum absolute atomic E-state index is 13.3. The molecule has 0 spiro atoms. The molecule has 1 amide bonds. The Labute approximate surface area is 151 Å². The van der Waals surface area contributed by atoms with E-state index in [2.05, 4.69) is 20.8 Å². The summed E-state index contributed by atoms with van der Waals surface area (Å²) in [4.78, 5) is 12.7. The van der Waals surface area contributed by atoms with Crippen LogP contribution in [0.3, 0.4) is 0 Å². The molecular formula is C19H23FN4O2. The fourth-order valence-corrected chi connectivity index (χ4v) is 3.88. The van der Waals surface area contributed by atoms with Crippen LogP contribution in [0.15, 0.2) is 24.3 Å². The van der Waals surface area contributed by atoms with Gasteiger partial charge >= 0.3 is 0 Å². The Morgan fingerprint density at radius 2 is 2.04 bits per heavy atom. The highest BCUT2D eigenvalue weighted by Gasteiger charge is 2.35. The maximum atomic E-state index is 13.3. The minimum Gasteiger partial charge on any atom is -0.381 e. The van der Waals surface area contributed by atoms with Crippen LogP contribution >= 0.6 is 0 Å². The van der Waals surface area contributed by atoms with Crippen LogP contribution in [0, 0.1) is 5.82 Å². The van der Waals surface area contributed by atoms with Crippen molar-refractivity contribution in [3.63, 3.8) is 0 Å². The van der Waals surface area contributed by atoms with E-state index >= 15 is 0 Å². The molecule has 26 heavy (non-hydrogen) atoms. The number of fused-ring (bicyclic) bond motifs is 1. The molecule has 3 heterocycles. The SMILES string of the molecule is O=C(NCC1(c2ccc(F)cc2)CCOCC1)c1n[nH]c2c1CNCC2. The molecule has 1 aromatic heterocycles. The molecule has 0 unspecified atom stereocenters. The molecule has 0 radical (unpaired) electrons. The van der Waals surface area contributed by atoms with Crippen molar-refractivity contribution in [3.8, 4) is 0 Å². The lowest BCUT2D eigenvalue weighted by Gasteiger charge is -2.38. The molecule has 0 bridgehead atoms. The van der Waals surface area contributed by atoms with Crippen LogP contribution in [-0.4, -0.2) is 42.4 Å². The van der Waals surface area contributed by atoms with Crippen molar-refractivity contribution in [3.05, 3.63) is 52.6 Å². The van der Waals surface area contributed by atoms with Gasteiger partial charge in [0.2, 0.25) is 0 Å². The van der Waals surface area contributed by atoms with Crippen molar-refractivity contribution < 1.29 is 13.9 Å². The molecule has 2 aliphatic heterocycles. The molecular weight excluding hydrogens is 335 g/mol. The average molecular weight is 358 g/mol. The molecule has 7 heteroatoms. The van der Waals surface area contributed by atoms with E-state index in [4.69, 9.17) is 4.74 Å². The predicted octanol–water partition coefficient (Wildman–Crippen LogP) is 1.67. The number of H-pyrrole nitrogens is 1. The molecule has 4 rings (SSSR count). The van der Waals surface area contributed by atoms with E-state index in [1.54, 1.807) is 0 Å². The normalized spacial score (nSPS) is 19.0. The molecule has 2 aliphatic rings. The number of halogens is 1. The highest BCUT2D eigenvalue weighted by atomic mass is 19.1. The fourth-order valence-electron chi connectivity index (χ4n) is 3.88. The quantitative estimate of drug-likeness (QED) is 0.777. The lowest BCUT2D eigenvalue weighted by molar-refractivity contribution is 0.0486. The molecule has 2 aromatic rings. The van der Waals surface area contributed by atoms with E-state index < -0.39 is 0 Å². The molecule has 138 valence electrons. The molecule has 3 N–H and O–H groups in total. The van der Waals surface area contributed by atoms with Crippen LogP contribution in [0.25, 0.3) is 0 Å². The third-order valence-electron chi connectivity index (χ3n) is 5.52. The number of carbonyl (C=O) groups is 1. The highest BCUT2D eigenvalue weighted by molar-refractivity contribution is 5.94. The smallest absolute Gasteiger partial charge is 0.272 e. The summed E-state index contributed by atoms with van der Waals surface area (Å²) in [5.41, 5.74) is 3.25. The number of aromatic amines is 1. The number of nitrogens with one attached hydrogen (secondary N) is 3. The molecule has 1 fully saturated rings.